The van der Waals surface area contributed by atoms with Gasteiger partial charge in [-0.15, -0.1) is 11.8 Å². The van der Waals surface area contributed by atoms with E-state index in [0.29, 0.717) is 11.4 Å². The fourth-order valence-corrected chi connectivity index (χ4v) is 3.20. The van der Waals surface area contributed by atoms with Crippen molar-refractivity contribution in [1.29, 1.82) is 0 Å². The van der Waals surface area contributed by atoms with E-state index in [-0.39, 0.29) is 23.8 Å². The maximum absolute atomic E-state index is 12.6. The van der Waals surface area contributed by atoms with Crippen LogP contribution in [0.15, 0.2) is 47.4 Å². The van der Waals surface area contributed by atoms with Crippen molar-refractivity contribution in [2.45, 2.75) is 17.9 Å². The van der Waals surface area contributed by atoms with E-state index in [4.69, 9.17) is 4.74 Å². The Morgan fingerprint density at radius 1 is 1.20 bits per heavy atom. The molecule has 0 heterocycles. The summed E-state index contributed by atoms with van der Waals surface area (Å²) < 4.78 is 5.16. The minimum absolute atomic E-state index is 0.0105. The molecule has 30 heavy (non-hydrogen) atoms. The van der Waals surface area contributed by atoms with Crippen molar-refractivity contribution >= 4 is 40.6 Å². The van der Waals surface area contributed by atoms with Gasteiger partial charge in [-0.05, 0) is 38.4 Å². The molecular formula is C20H24N4O5S. The van der Waals surface area contributed by atoms with Crippen LogP contribution in [0.2, 0.25) is 0 Å². The van der Waals surface area contributed by atoms with Crippen LogP contribution in [0.1, 0.15) is 6.92 Å². The van der Waals surface area contributed by atoms with E-state index in [1.165, 1.54) is 37.1 Å². The molecule has 10 heteroatoms. The third-order valence-electron chi connectivity index (χ3n) is 4.47. The van der Waals surface area contributed by atoms with Gasteiger partial charge in [-0.1, -0.05) is 12.1 Å². The van der Waals surface area contributed by atoms with E-state index < -0.39 is 16.9 Å². The highest BCUT2D eigenvalue weighted by molar-refractivity contribution is 7.98. The Morgan fingerprint density at radius 2 is 1.90 bits per heavy atom. The summed E-state index contributed by atoms with van der Waals surface area (Å²) >= 11 is 1.52. The molecule has 0 radical (unpaired) electrons. The summed E-state index contributed by atoms with van der Waals surface area (Å²) in [6.45, 7) is 1.63. The first kappa shape index (κ1) is 23.2. The van der Waals surface area contributed by atoms with E-state index in [9.17, 15) is 19.7 Å². The van der Waals surface area contributed by atoms with Gasteiger partial charge in [0.2, 0.25) is 11.8 Å². The van der Waals surface area contributed by atoms with Crippen LogP contribution in [0, 0.1) is 10.1 Å². The lowest BCUT2D eigenvalue weighted by Crippen LogP contribution is -2.43. The zero-order valence-electron chi connectivity index (χ0n) is 17.2. The molecule has 0 fully saturated rings. The molecule has 1 atom stereocenters. The highest BCUT2D eigenvalue weighted by Gasteiger charge is 2.22. The number of nitrogens with zero attached hydrogens (tertiary/aromatic N) is 2. The highest BCUT2D eigenvalue weighted by atomic mass is 32.2. The summed E-state index contributed by atoms with van der Waals surface area (Å²) in [7, 11) is 3.05. The smallest absolute Gasteiger partial charge is 0.271 e. The van der Waals surface area contributed by atoms with Gasteiger partial charge in [-0.2, -0.15) is 0 Å². The number of thioether (sulfide) groups is 1. The Morgan fingerprint density at radius 3 is 2.53 bits per heavy atom. The largest absolute Gasteiger partial charge is 0.495 e. The number of nitro benzene ring substituents is 1. The number of hydrogen-bond donors (Lipinski definition) is 2. The molecule has 2 rings (SSSR count). The third-order valence-corrected chi connectivity index (χ3v) is 5.26. The number of benzene rings is 2. The molecule has 0 bridgehead atoms. The molecule has 0 saturated carbocycles. The lowest BCUT2D eigenvalue weighted by Gasteiger charge is -2.24. The number of carbonyl (C=O) groups is 2. The first-order valence-corrected chi connectivity index (χ1v) is 10.3. The zero-order valence-corrected chi connectivity index (χ0v) is 18.0. The predicted molar refractivity (Wildman–Crippen MR) is 117 cm³/mol. The Kier molecular flexibility index (Phi) is 8.19. The molecular weight excluding hydrogens is 408 g/mol. The van der Waals surface area contributed by atoms with Crippen molar-refractivity contribution in [2.24, 2.45) is 0 Å². The topological polar surface area (TPSA) is 114 Å². The van der Waals surface area contributed by atoms with Gasteiger partial charge in [-0.25, -0.2) is 0 Å². The first-order chi connectivity index (χ1) is 14.3. The van der Waals surface area contributed by atoms with Gasteiger partial charge in [0.05, 0.1) is 36.0 Å². The van der Waals surface area contributed by atoms with Gasteiger partial charge >= 0.3 is 0 Å². The number of hydrogen-bond acceptors (Lipinski definition) is 7. The van der Waals surface area contributed by atoms with Crippen molar-refractivity contribution in [3.63, 3.8) is 0 Å². The number of likely N-dealkylation sites (N-methyl/N-ethyl adjacent to an activating group) is 1. The number of nitrogens with one attached hydrogen (secondary N) is 2. The second-order valence-corrected chi connectivity index (χ2v) is 7.32. The number of anilines is 2. The van der Waals surface area contributed by atoms with Crippen LogP contribution >= 0.6 is 11.8 Å². The molecule has 2 aromatic rings. The Bertz CT molecular complexity index is 937. The van der Waals surface area contributed by atoms with Crippen molar-refractivity contribution in [3.8, 4) is 5.75 Å². The highest BCUT2D eigenvalue weighted by Crippen LogP contribution is 2.29. The molecule has 0 aromatic heterocycles. The maximum Gasteiger partial charge on any atom is 0.271 e. The molecule has 0 saturated heterocycles. The van der Waals surface area contributed by atoms with Crippen molar-refractivity contribution < 1.29 is 19.2 Å². The number of rotatable bonds is 9. The summed E-state index contributed by atoms with van der Waals surface area (Å²) in [5.41, 5.74) is 0.732. The number of amides is 2. The fraction of sp³-hybridized carbons (Fsp3) is 0.300. The van der Waals surface area contributed by atoms with Gasteiger partial charge in [0.1, 0.15) is 5.75 Å². The van der Waals surface area contributed by atoms with E-state index in [0.717, 1.165) is 4.90 Å². The fourth-order valence-electron chi connectivity index (χ4n) is 2.65. The van der Waals surface area contributed by atoms with Crippen LogP contribution in [0.5, 0.6) is 5.75 Å². The van der Waals surface area contributed by atoms with Crippen molar-refractivity contribution in [1.82, 2.24) is 4.90 Å². The van der Waals surface area contributed by atoms with E-state index >= 15 is 0 Å². The van der Waals surface area contributed by atoms with Gasteiger partial charge in [0.25, 0.3) is 5.69 Å². The van der Waals surface area contributed by atoms with Crippen LogP contribution < -0.4 is 15.4 Å². The summed E-state index contributed by atoms with van der Waals surface area (Å²) in [4.78, 5) is 38.0. The molecule has 0 aliphatic carbocycles. The second-order valence-electron chi connectivity index (χ2n) is 6.47. The molecule has 2 aromatic carbocycles. The minimum Gasteiger partial charge on any atom is -0.495 e. The van der Waals surface area contributed by atoms with Crippen molar-refractivity contribution in [2.75, 3.05) is 37.6 Å². The Labute approximate surface area is 178 Å². The second kappa shape index (κ2) is 10.6. The summed E-state index contributed by atoms with van der Waals surface area (Å²) in [6, 6.07) is 10.7. The zero-order chi connectivity index (χ0) is 22.3. The lowest BCUT2D eigenvalue weighted by atomic mass is 10.2. The lowest BCUT2D eigenvalue weighted by molar-refractivity contribution is -0.384. The summed E-state index contributed by atoms with van der Waals surface area (Å²) in [6.07, 6.45) is 1.92. The van der Waals surface area contributed by atoms with E-state index in [1.54, 1.807) is 18.9 Å². The molecule has 2 amide bonds. The number of nitro groups is 1. The Balaban J connectivity index is 2.03. The van der Waals surface area contributed by atoms with Crippen LogP contribution in [0.4, 0.5) is 17.1 Å². The van der Waals surface area contributed by atoms with Crippen LogP contribution in [0.3, 0.4) is 0 Å². The summed E-state index contributed by atoms with van der Waals surface area (Å²) in [5.74, 6) is -0.379. The first-order valence-electron chi connectivity index (χ1n) is 9.03. The predicted octanol–water partition coefficient (Wildman–Crippen LogP) is 3.22. The van der Waals surface area contributed by atoms with E-state index in [2.05, 4.69) is 10.6 Å². The Hall–Kier alpha value is -3.11. The standard InChI is InChI=1S/C20H24N4O5S/c1-13(20(26)22-16-11-14(24(27)28)9-10-17(16)29-3)23(2)12-19(25)21-15-7-5-6-8-18(15)30-4/h5-11,13H,12H2,1-4H3,(H,21,25)(H,22,26). The number of para-hydroxylation sites is 1. The molecule has 0 spiro atoms. The van der Waals surface area contributed by atoms with Gasteiger partial charge in [0.15, 0.2) is 0 Å². The number of ether oxygens (including phenoxy) is 1. The maximum atomic E-state index is 12.6. The number of carbonyl (C=O) groups excluding carboxylic acids is 2. The average Bonchev–Trinajstić information content (AvgIpc) is 2.73. The molecule has 0 aliphatic heterocycles. The minimum atomic E-state index is -0.671. The van der Waals surface area contributed by atoms with Crippen LogP contribution in [-0.2, 0) is 9.59 Å². The molecule has 2 N–H and O–H groups in total. The number of non-ortho nitro benzene ring substituents is 1. The third kappa shape index (κ3) is 5.94. The van der Waals surface area contributed by atoms with Gasteiger partial charge in [-0.3, -0.25) is 24.6 Å². The molecule has 1 unspecified atom stereocenters. The van der Waals surface area contributed by atoms with E-state index in [1.807, 2.05) is 30.5 Å². The molecule has 160 valence electrons. The normalized spacial score (nSPS) is 11.6. The SMILES string of the molecule is COc1ccc([N+](=O)[O-])cc1NC(=O)C(C)N(C)CC(=O)Nc1ccccc1SC. The average molecular weight is 433 g/mol. The number of methoxy groups -OCH3 is 1. The van der Waals surface area contributed by atoms with Crippen LogP contribution in [-0.4, -0.2) is 54.6 Å². The summed E-state index contributed by atoms with van der Waals surface area (Å²) in [5, 5.41) is 16.5. The molecule has 0 aliphatic rings. The van der Waals surface area contributed by atoms with Crippen LogP contribution in [0.25, 0.3) is 0 Å². The van der Waals surface area contributed by atoms with Gasteiger partial charge < -0.3 is 15.4 Å². The van der Waals surface area contributed by atoms with Crippen molar-refractivity contribution in [3.05, 3.63) is 52.6 Å². The van der Waals surface area contributed by atoms with Gasteiger partial charge in [0, 0.05) is 17.0 Å². The monoisotopic (exact) mass is 432 g/mol. The quantitative estimate of drug-likeness (QED) is 0.355. The molecule has 9 nitrogen and oxygen atoms in total.